The van der Waals surface area contributed by atoms with Crippen molar-refractivity contribution < 1.29 is 8.78 Å². The van der Waals surface area contributed by atoms with Crippen molar-refractivity contribution in [3.8, 4) is 0 Å². The van der Waals surface area contributed by atoms with E-state index in [1.54, 1.807) is 0 Å². The maximum atomic E-state index is 14.1. The van der Waals surface area contributed by atoms with Gasteiger partial charge in [0.1, 0.15) is 17.3 Å². The maximum absolute atomic E-state index is 14.1. The van der Waals surface area contributed by atoms with Crippen LogP contribution in [0, 0.1) is 11.6 Å². The maximum Gasteiger partial charge on any atom is 0.149 e. The molecule has 1 aromatic carbocycles. The van der Waals surface area contributed by atoms with E-state index in [2.05, 4.69) is 0 Å². The molecule has 0 bridgehead atoms. The minimum Gasteiger partial charge on any atom is -0.364 e. The lowest BCUT2D eigenvalue weighted by molar-refractivity contribution is 0.565. The summed E-state index contributed by atoms with van der Waals surface area (Å²) < 4.78 is 28.1. The third-order valence-electron chi connectivity index (χ3n) is 3.25. The van der Waals surface area contributed by atoms with Gasteiger partial charge in [-0.15, -0.1) is 0 Å². The molecule has 1 aromatic rings. The molecular weight excluding hydrogens is 234 g/mol. The van der Waals surface area contributed by atoms with E-state index in [0.29, 0.717) is 24.6 Å². The van der Waals surface area contributed by atoms with Crippen LogP contribution in [0.2, 0.25) is 0 Å². The average Bonchev–Trinajstić information content (AvgIpc) is 3.06. The van der Waals surface area contributed by atoms with E-state index in [0.717, 1.165) is 12.8 Å². The molecule has 0 amide bonds. The third kappa shape index (κ3) is 2.80. The number of anilines is 1. The normalized spacial score (nSPS) is 16.7. The van der Waals surface area contributed by atoms with Gasteiger partial charge in [-0.3, -0.25) is 0 Å². The molecule has 0 aliphatic heterocycles. The number of hydrogen-bond donors (Lipinski definition) is 1. The predicted molar refractivity (Wildman–Crippen MR) is 69.8 cm³/mol. The fraction of sp³-hybridized carbons (Fsp3) is 0.571. The minimum atomic E-state index is -0.473. The highest BCUT2D eigenvalue weighted by molar-refractivity contribution is 5.52. The molecule has 100 valence electrons. The molecule has 1 aliphatic rings. The molecule has 0 heterocycles. The SMILES string of the molecule is CCN(c1c(F)cc(CC(C)N)cc1F)C1CC1. The quantitative estimate of drug-likeness (QED) is 0.875. The molecule has 2 N–H and O–H groups in total. The van der Waals surface area contributed by atoms with Crippen molar-refractivity contribution in [2.24, 2.45) is 5.73 Å². The van der Waals surface area contributed by atoms with Gasteiger partial charge in [-0.25, -0.2) is 8.78 Å². The Labute approximate surface area is 107 Å². The topological polar surface area (TPSA) is 29.3 Å². The van der Waals surface area contributed by atoms with Crippen LogP contribution in [0.15, 0.2) is 12.1 Å². The Balaban J connectivity index is 2.30. The molecule has 1 saturated carbocycles. The molecule has 1 aliphatic carbocycles. The predicted octanol–water partition coefficient (Wildman–Crippen LogP) is 2.84. The largest absolute Gasteiger partial charge is 0.364 e. The average molecular weight is 254 g/mol. The van der Waals surface area contributed by atoms with Gasteiger partial charge >= 0.3 is 0 Å². The molecule has 1 fully saturated rings. The summed E-state index contributed by atoms with van der Waals surface area (Å²) in [6.45, 7) is 4.38. The molecular formula is C14H20F2N2. The fourth-order valence-electron chi connectivity index (χ4n) is 2.37. The lowest BCUT2D eigenvalue weighted by Gasteiger charge is -2.24. The Kier molecular flexibility index (Phi) is 3.85. The van der Waals surface area contributed by atoms with Crippen molar-refractivity contribution in [2.75, 3.05) is 11.4 Å². The smallest absolute Gasteiger partial charge is 0.149 e. The van der Waals surface area contributed by atoms with E-state index in [9.17, 15) is 8.78 Å². The van der Waals surface area contributed by atoms with Gasteiger partial charge < -0.3 is 10.6 Å². The molecule has 0 aromatic heterocycles. The lowest BCUT2D eigenvalue weighted by Crippen LogP contribution is -2.27. The number of nitrogens with two attached hydrogens (primary N) is 1. The Morgan fingerprint density at radius 2 is 1.89 bits per heavy atom. The number of halogens is 2. The number of rotatable bonds is 5. The molecule has 0 radical (unpaired) electrons. The van der Waals surface area contributed by atoms with Gasteiger partial charge in [0.25, 0.3) is 0 Å². The summed E-state index contributed by atoms with van der Waals surface area (Å²) in [5.74, 6) is -0.946. The van der Waals surface area contributed by atoms with E-state index in [4.69, 9.17) is 5.73 Å². The van der Waals surface area contributed by atoms with Crippen LogP contribution < -0.4 is 10.6 Å². The zero-order valence-corrected chi connectivity index (χ0v) is 10.9. The highest BCUT2D eigenvalue weighted by atomic mass is 19.1. The first-order valence-electron chi connectivity index (χ1n) is 6.53. The first-order valence-corrected chi connectivity index (χ1v) is 6.53. The van der Waals surface area contributed by atoms with Crippen molar-refractivity contribution in [3.05, 3.63) is 29.3 Å². The van der Waals surface area contributed by atoms with Gasteiger partial charge in [-0.2, -0.15) is 0 Å². The Morgan fingerprint density at radius 1 is 1.33 bits per heavy atom. The van der Waals surface area contributed by atoms with E-state index in [-0.39, 0.29) is 11.7 Å². The van der Waals surface area contributed by atoms with Crippen LogP contribution in [0.4, 0.5) is 14.5 Å². The molecule has 18 heavy (non-hydrogen) atoms. The van der Waals surface area contributed by atoms with Gasteiger partial charge in [-0.1, -0.05) is 0 Å². The number of benzene rings is 1. The summed E-state index contributed by atoms with van der Waals surface area (Å²) in [7, 11) is 0. The molecule has 1 unspecified atom stereocenters. The minimum absolute atomic E-state index is 0.0969. The summed E-state index contributed by atoms with van der Waals surface area (Å²) in [6, 6.07) is 3.03. The first-order chi connectivity index (χ1) is 8.52. The van der Waals surface area contributed by atoms with Gasteiger partial charge in [0, 0.05) is 18.6 Å². The van der Waals surface area contributed by atoms with Crippen LogP contribution in [0.3, 0.4) is 0 Å². The van der Waals surface area contributed by atoms with E-state index in [1.165, 1.54) is 12.1 Å². The van der Waals surface area contributed by atoms with E-state index in [1.807, 2.05) is 18.7 Å². The van der Waals surface area contributed by atoms with Gasteiger partial charge in [-0.05, 0) is 50.8 Å². The molecule has 0 spiro atoms. The Morgan fingerprint density at radius 3 is 2.28 bits per heavy atom. The van der Waals surface area contributed by atoms with Crippen molar-refractivity contribution >= 4 is 5.69 Å². The van der Waals surface area contributed by atoms with Crippen LogP contribution in [0.25, 0.3) is 0 Å². The summed E-state index contributed by atoms with van der Waals surface area (Å²) in [4.78, 5) is 1.82. The molecule has 1 atom stereocenters. The van der Waals surface area contributed by atoms with Crippen molar-refractivity contribution in [3.63, 3.8) is 0 Å². The monoisotopic (exact) mass is 254 g/mol. The summed E-state index contributed by atoms with van der Waals surface area (Å²) in [6.07, 6.45) is 2.53. The highest BCUT2D eigenvalue weighted by Crippen LogP contribution is 2.35. The zero-order valence-electron chi connectivity index (χ0n) is 10.9. The first kappa shape index (κ1) is 13.3. The van der Waals surface area contributed by atoms with Crippen LogP contribution in [-0.4, -0.2) is 18.6 Å². The van der Waals surface area contributed by atoms with Crippen molar-refractivity contribution in [1.82, 2.24) is 0 Å². The Bertz CT molecular complexity index is 405. The van der Waals surface area contributed by atoms with Crippen molar-refractivity contribution in [2.45, 2.75) is 45.2 Å². The molecule has 2 rings (SSSR count). The van der Waals surface area contributed by atoms with Crippen molar-refractivity contribution in [1.29, 1.82) is 0 Å². The van der Waals surface area contributed by atoms with Crippen LogP contribution in [-0.2, 0) is 6.42 Å². The second-order valence-corrected chi connectivity index (χ2v) is 5.11. The third-order valence-corrected chi connectivity index (χ3v) is 3.25. The van der Waals surface area contributed by atoms with E-state index >= 15 is 0 Å². The number of hydrogen-bond acceptors (Lipinski definition) is 2. The number of nitrogens with zero attached hydrogens (tertiary/aromatic N) is 1. The van der Waals surface area contributed by atoms with Crippen LogP contribution >= 0.6 is 0 Å². The second kappa shape index (κ2) is 5.22. The lowest BCUT2D eigenvalue weighted by atomic mass is 10.1. The molecule has 4 heteroatoms. The highest BCUT2D eigenvalue weighted by Gasteiger charge is 2.31. The van der Waals surface area contributed by atoms with Gasteiger partial charge in [0.2, 0.25) is 0 Å². The summed E-state index contributed by atoms with van der Waals surface area (Å²) in [5, 5.41) is 0. The molecule has 0 saturated heterocycles. The van der Waals surface area contributed by atoms with Crippen LogP contribution in [0.1, 0.15) is 32.3 Å². The summed E-state index contributed by atoms with van der Waals surface area (Å²) >= 11 is 0. The zero-order chi connectivity index (χ0) is 13.3. The van der Waals surface area contributed by atoms with E-state index < -0.39 is 11.6 Å². The molecule has 2 nitrogen and oxygen atoms in total. The van der Waals surface area contributed by atoms with Gasteiger partial charge in [0.05, 0.1) is 0 Å². The fourth-order valence-corrected chi connectivity index (χ4v) is 2.37. The van der Waals surface area contributed by atoms with Gasteiger partial charge in [0.15, 0.2) is 0 Å². The standard InChI is InChI=1S/C14H20F2N2/c1-3-18(11-4-5-11)14-12(15)7-10(6-9(2)17)8-13(14)16/h7-9,11H,3-6,17H2,1-2H3. The second-order valence-electron chi connectivity index (χ2n) is 5.11. The Hall–Kier alpha value is -1.16. The van der Waals surface area contributed by atoms with Crippen LogP contribution in [0.5, 0.6) is 0 Å². The summed E-state index contributed by atoms with van der Waals surface area (Å²) in [5.41, 5.74) is 6.39.